The number of hydrogen-bond acceptors (Lipinski definition) is 2. The summed E-state index contributed by atoms with van der Waals surface area (Å²) in [5.41, 5.74) is 5.88. The fourth-order valence-corrected chi connectivity index (χ4v) is 1.93. The Balaban J connectivity index is 3.20. The molecule has 0 heterocycles. The quantitative estimate of drug-likeness (QED) is 0.646. The molecule has 0 unspecified atom stereocenters. The molecule has 1 aromatic rings. The van der Waals surface area contributed by atoms with Crippen molar-refractivity contribution in [1.29, 1.82) is 5.41 Å². The van der Waals surface area contributed by atoms with E-state index in [1.807, 2.05) is 0 Å². The number of nitrogen functional groups attached to an aromatic ring is 1. The van der Waals surface area contributed by atoms with Crippen LogP contribution in [-0.4, -0.2) is 25.1 Å². The predicted molar refractivity (Wildman–Crippen MR) is 71.0 cm³/mol. The average molecular weight is 294 g/mol. The van der Waals surface area contributed by atoms with Gasteiger partial charge < -0.3 is 10.6 Å². The lowest BCUT2D eigenvalue weighted by atomic mass is 10.1. The first-order valence-electron chi connectivity index (χ1n) is 5.70. The first-order chi connectivity index (χ1) is 8.74. The molecule has 3 N–H and O–H groups in total. The Hall–Kier alpha value is -1.43. The monoisotopic (exact) mass is 293 g/mol. The van der Waals surface area contributed by atoms with Crippen molar-refractivity contribution >= 4 is 23.1 Å². The Morgan fingerprint density at radius 2 is 2.05 bits per heavy atom. The number of hydrogen-bond donors (Lipinski definition) is 2. The standard InChI is InChI=1S/C12H15ClF3N3/c1-2-5-19(7-12(14,15)16)10-6-8(13)3-4-9(10)11(17)18/h3-4,6H,2,5,7H2,1H3,(H3,17,18). The number of benzene rings is 1. The smallest absolute Gasteiger partial charge is 0.384 e. The van der Waals surface area contributed by atoms with Gasteiger partial charge in [-0.1, -0.05) is 18.5 Å². The van der Waals surface area contributed by atoms with Crippen LogP contribution in [0.3, 0.4) is 0 Å². The summed E-state index contributed by atoms with van der Waals surface area (Å²) in [5, 5.41) is 7.74. The van der Waals surface area contributed by atoms with E-state index in [-0.39, 0.29) is 23.6 Å². The average Bonchev–Trinajstić information content (AvgIpc) is 2.26. The van der Waals surface area contributed by atoms with Gasteiger partial charge in [0.15, 0.2) is 0 Å². The highest BCUT2D eigenvalue weighted by atomic mass is 35.5. The number of amidine groups is 1. The van der Waals surface area contributed by atoms with Crippen LogP contribution in [-0.2, 0) is 0 Å². The first kappa shape index (κ1) is 15.6. The van der Waals surface area contributed by atoms with Crippen LogP contribution >= 0.6 is 11.6 Å². The predicted octanol–water partition coefficient (Wildman–Crippen LogP) is 3.40. The third-order valence-corrected chi connectivity index (χ3v) is 2.69. The highest BCUT2D eigenvalue weighted by molar-refractivity contribution is 6.31. The highest BCUT2D eigenvalue weighted by Crippen LogP contribution is 2.28. The van der Waals surface area contributed by atoms with Crippen molar-refractivity contribution in [2.45, 2.75) is 19.5 Å². The van der Waals surface area contributed by atoms with Gasteiger partial charge in [-0.05, 0) is 24.6 Å². The summed E-state index contributed by atoms with van der Waals surface area (Å²) in [6.07, 6.45) is -3.79. The molecule has 0 aliphatic heterocycles. The van der Waals surface area contributed by atoms with Crippen molar-refractivity contribution in [3.05, 3.63) is 28.8 Å². The molecular weight excluding hydrogens is 279 g/mol. The molecule has 7 heteroatoms. The zero-order valence-electron chi connectivity index (χ0n) is 10.4. The second kappa shape index (κ2) is 6.14. The van der Waals surface area contributed by atoms with Crippen molar-refractivity contribution in [1.82, 2.24) is 0 Å². The third kappa shape index (κ3) is 4.63. The van der Waals surface area contributed by atoms with Gasteiger partial charge in [0.1, 0.15) is 12.4 Å². The Morgan fingerprint density at radius 3 is 2.53 bits per heavy atom. The second-order valence-corrected chi connectivity index (χ2v) is 4.55. The minimum Gasteiger partial charge on any atom is -0.384 e. The number of alkyl halides is 3. The molecule has 0 saturated heterocycles. The van der Waals surface area contributed by atoms with Crippen molar-refractivity contribution in [2.75, 3.05) is 18.0 Å². The number of nitrogens with one attached hydrogen (secondary N) is 1. The van der Waals surface area contributed by atoms with E-state index in [0.29, 0.717) is 11.4 Å². The van der Waals surface area contributed by atoms with Gasteiger partial charge >= 0.3 is 6.18 Å². The molecule has 0 aromatic heterocycles. The molecule has 0 aliphatic carbocycles. The number of rotatable bonds is 5. The van der Waals surface area contributed by atoms with Crippen LogP contribution in [0.1, 0.15) is 18.9 Å². The molecular formula is C12H15ClF3N3. The Morgan fingerprint density at radius 1 is 1.42 bits per heavy atom. The van der Waals surface area contributed by atoms with Crippen molar-refractivity contribution in [2.24, 2.45) is 5.73 Å². The third-order valence-electron chi connectivity index (χ3n) is 2.45. The van der Waals surface area contributed by atoms with Gasteiger partial charge in [0.2, 0.25) is 0 Å². The Kier molecular flexibility index (Phi) is 5.05. The summed E-state index contributed by atoms with van der Waals surface area (Å²) in [5.74, 6) is -0.282. The molecule has 0 saturated carbocycles. The molecule has 0 spiro atoms. The van der Waals surface area contributed by atoms with Crippen LogP contribution < -0.4 is 10.6 Å². The summed E-state index contributed by atoms with van der Waals surface area (Å²) in [6, 6.07) is 4.36. The van der Waals surface area contributed by atoms with Crippen molar-refractivity contribution in [3.8, 4) is 0 Å². The maximum absolute atomic E-state index is 12.6. The van der Waals surface area contributed by atoms with Crippen LogP contribution in [0.15, 0.2) is 18.2 Å². The topological polar surface area (TPSA) is 53.1 Å². The fourth-order valence-electron chi connectivity index (χ4n) is 1.77. The van der Waals surface area contributed by atoms with Crippen molar-refractivity contribution < 1.29 is 13.2 Å². The molecule has 0 bridgehead atoms. The lowest BCUT2D eigenvalue weighted by molar-refractivity contribution is -0.119. The molecule has 0 radical (unpaired) electrons. The Labute approximate surface area is 114 Å². The van der Waals surface area contributed by atoms with Gasteiger partial charge in [-0.3, -0.25) is 5.41 Å². The molecule has 0 atom stereocenters. The lowest BCUT2D eigenvalue weighted by Crippen LogP contribution is -2.36. The zero-order valence-corrected chi connectivity index (χ0v) is 11.1. The molecule has 19 heavy (non-hydrogen) atoms. The highest BCUT2D eigenvalue weighted by Gasteiger charge is 2.31. The summed E-state index contributed by atoms with van der Waals surface area (Å²) in [4.78, 5) is 1.14. The molecule has 1 rings (SSSR count). The molecule has 3 nitrogen and oxygen atoms in total. The molecule has 0 fully saturated rings. The lowest BCUT2D eigenvalue weighted by Gasteiger charge is -2.27. The minimum atomic E-state index is -4.33. The van der Waals surface area contributed by atoms with E-state index in [1.54, 1.807) is 6.92 Å². The number of nitrogens with two attached hydrogens (primary N) is 1. The van der Waals surface area contributed by atoms with E-state index in [4.69, 9.17) is 22.7 Å². The number of halogens is 4. The molecule has 106 valence electrons. The van der Waals surface area contributed by atoms with Crippen LogP contribution in [0, 0.1) is 5.41 Å². The summed E-state index contributed by atoms with van der Waals surface area (Å²) in [7, 11) is 0. The fraction of sp³-hybridized carbons (Fsp3) is 0.417. The van der Waals surface area contributed by atoms with Gasteiger partial charge in [0.25, 0.3) is 0 Å². The van der Waals surface area contributed by atoms with E-state index in [9.17, 15) is 13.2 Å². The normalized spacial score (nSPS) is 11.4. The largest absolute Gasteiger partial charge is 0.405 e. The summed E-state index contributed by atoms with van der Waals surface area (Å²) < 4.78 is 37.8. The summed E-state index contributed by atoms with van der Waals surface area (Å²) in [6.45, 7) is 0.892. The molecule has 0 aliphatic rings. The Bertz CT molecular complexity index is 460. The molecule has 0 amide bonds. The second-order valence-electron chi connectivity index (χ2n) is 4.11. The van der Waals surface area contributed by atoms with E-state index in [2.05, 4.69) is 0 Å². The summed E-state index contributed by atoms with van der Waals surface area (Å²) >= 11 is 5.82. The van der Waals surface area contributed by atoms with Gasteiger partial charge in [-0.2, -0.15) is 13.2 Å². The van der Waals surface area contributed by atoms with Gasteiger partial charge in [-0.25, -0.2) is 0 Å². The maximum Gasteiger partial charge on any atom is 0.405 e. The first-order valence-corrected chi connectivity index (χ1v) is 6.08. The van der Waals surface area contributed by atoms with E-state index >= 15 is 0 Å². The van der Waals surface area contributed by atoms with Gasteiger partial charge in [0.05, 0.1) is 0 Å². The van der Waals surface area contributed by atoms with Crippen LogP contribution in [0.2, 0.25) is 5.02 Å². The SMILES string of the molecule is CCCN(CC(F)(F)F)c1cc(Cl)ccc1C(=N)N. The van der Waals surface area contributed by atoms with E-state index in [0.717, 1.165) is 4.90 Å². The van der Waals surface area contributed by atoms with Crippen LogP contribution in [0.4, 0.5) is 18.9 Å². The van der Waals surface area contributed by atoms with Crippen LogP contribution in [0.5, 0.6) is 0 Å². The zero-order chi connectivity index (χ0) is 14.6. The maximum atomic E-state index is 12.6. The molecule has 1 aromatic carbocycles. The van der Waals surface area contributed by atoms with E-state index < -0.39 is 12.7 Å². The van der Waals surface area contributed by atoms with Crippen LogP contribution in [0.25, 0.3) is 0 Å². The number of anilines is 1. The van der Waals surface area contributed by atoms with Crippen molar-refractivity contribution in [3.63, 3.8) is 0 Å². The van der Waals surface area contributed by atoms with E-state index in [1.165, 1.54) is 18.2 Å². The minimum absolute atomic E-state index is 0.208. The van der Waals surface area contributed by atoms with Gasteiger partial charge in [-0.15, -0.1) is 0 Å². The number of nitrogens with zero attached hydrogens (tertiary/aromatic N) is 1. The van der Waals surface area contributed by atoms with Gasteiger partial charge in [0, 0.05) is 22.8 Å².